The van der Waals surface area contributed by atoms with Gasteiger partial charge in [-0.05, 0) is 48.1 Å². The van der Waals surface area contributed by atoms with Crippen LogP contribution in [0.15, 0.2) is 41.3 Å². The number of nitrogens with zero attached hydrogens (tertiary/aromatic N) is 5. The Balaban J connectivity index is 1.35. The highest BCUT2D eigenvalue weighted by Gasteiger charge is 2.19. The number of halogens is 3. The number of benzene rings is 1. The Bertz CT molecular complexity index is 1340. The van der Waals surface area contributed by atoms with E-state index in [9.17, 15) is 8.78 Å². The number of piperazine rings is 1. The van der Waals surface area contributed by atoms with Gasteiger partial charge in [0.25, 0.3) is 0 Å². The monoisotopic (exact) mass is 529 g/mol. The van der Waals surface area contributed by atoms with Crippen LogP contribution in [0.2, 0.25) is 0 Å². The van der Waals surface area contributed by atoms with E-state index in [1.165, 1.54) is 12.4 Å². The zero-order valence-electron chi connectivity index (χ0n) is 18.6. The largest absolute Gasteiger partial charge is 0.434 e. The number of pyridine rings is 1. The third kappa shape index (κ3) is 4.40. The molecule has 0 saturated carbocycles. The van der Waals surface area contributed by atoms with Crippen molar-refractivity contribution in [3.05, 3.63) is 58.6 Å². The standard InChI is InChI=1S/C23H22BrF2N7O/c1-13-9-15-20(26)17(10-16(25)21(15)30-13)34-23-19(24)22(28-12-29-23)31-18-4-3-14(11-27-18)33-7-5-32(2)6-8-33/h3-4,9-12,30H,5-8H2,1-2H3,(H,27,28,29,31). The Kier molecular flexibility index (Phi) is 6.05. The van der Waals surface area contributed by atoms with Gasteiger partial charge < -0.3 is 24.8 Å². The first-order valence-corrected chi connectivity index (χ1v) is 11.5. The van der Waals surface area contributed by atoms with Gasteiger partial charge in [0.15, 0.2) is 23.2 Å². The number of hydrogen-bond acceptors (Lipinski definition) is 7. The topological polar surface area (TPSA) is 82.2 Å². The number of H-pyrrole nitrogens is 1. The Hall–Kier alpha value is -3.31. The fourth-order valence-corrected chi connectivity index (χ4v) is 4.24. The fourth-order valence-electron chi connectivity index (χ4n) is 3.86. The fraction of sp³-hybridized carbons (Fsp3) is 0.261. The molecule has 0 aliphatic carbocycles. The highest BCUT2D eigenvalue weighted by atomic mass is 79.9. The normalized spacial score (nSPS) is 14.6. The molecule has 1 fully saturated rings. The molecule has 0 unspecified atom stereocenters. The van der Waals surface area contributed by atoms with Crippen LogP contribution in [0.25, 0.3) is 10.9 Å². The van der Waals surface area contributed by atoms with E-state index < -0.39 is 11.6 Å². The van der Waals surface area contributed by atoms with Crippen LogP contribution >= 0.6 is 15.9 Å². The van der Waals surface area contributed by atoms with E-state index in [0.29, 0.717) is 21.8 Å². The molecule has 3 aromatic heterocycles. The van der Waals surface area contributed by atoms with Crippen molar-refractivity contribution in [1.29, 1.82) is 0 Å². The average molecular weight is 530 g/mol. The lowest BCUT2D eigenvalue weighted by Gasteiger charge is -2.33. The highest BCUT2D eigenvalue weighted by molar-refractivity contribution is 9.10. The third-order valence-electron chi connectivity index (χ3n) is 5.73. The van der Waals surface area contributed by atoms with Gasteiger partial charge in [0.05, 0.1) is 17.4 Å². The molecule has 4 aromatic rings. The maximum absolute atomic E-state index is 14.9. The summed E-state index contributed by atoms with van der Waals surface area (Å²) in [6.07, 6.45) is 3.08. The summed E-state index contributed by atoms with van der Waals surface area (Å²) in [5.74, 6) is -0.580. The summed E-state index contributed by atoms with van der Waals surface area (Å²) in [5.41, 5.74) is 1.79. The molecule has 0 bridgehead atoms. The maximum atomic E-state index is 14.9. The lowest BCUT2D eigenvalue weighted by atomic mass is 10.2. The molecule has 0 amide bonds. The van der Waals surface area contributed by atoms with Crippen molar-refractivity contribution < 1.29 is 13.5 Å². The summed E-state index contributed by atoms with van der Waals surface area (Å²) in [5, 5.41) is 3.22. The Morgan fingerprint density at radius 1 is 1.09 bits per heavy atom. The van der Waals surface area contributed by atoms with Crippen LogP contribution in [0.5, 0.6) is 11.6 Å². The zero-order chi connectivity index (χ0) is 23.8. The molecule has 1 aromatic carbocycles. The molecule has 176 valence electrons. The van der Waals surface area contributed by atoms with Gasteiger partial charge in [-0.15, -0.1) is 0 Å². The van der Waals surface area contributed by atoms with Crippen LogP contribution in [0.4, 0.5) is 26.1 Å². The van der Waals surface area contributed by atoms with Crippen LogP contribution < -0.4 is 15.0 Å². The van der Waals surface area contributed by atoms with Crippen LogP contribution in [-0.2, 0) is 0 Å². The first kappa shape index (κ1) is 22.5. The molecule has 0 spiro atoms. The van der Waals surface area contributed by atoms with E-state index in [1.807, 2.05) is 18.3 Å². The van der Waals surface area contributed by atoms with Crippen molar-refractivity contribution in [2.45, 2.75) is 6.92 Å². The predicted octanol–water partition coefficient (Wildman–Crippen LogP) is 4.99. The molecule has 1 aliphatic rings. The van der Waals surface area contributed by atoms with Crippen molar-refractivity contribution in [1.82, 2.24) is 24.8 Å². The van der Waals surface area contributed by atoms with Crippen molar-refractivity contribution in [3.8, 4) is 11.6 Å². The Labute approximate surface area is 203 Å². The summed E-state index contributed by atoms with van der Waals surface area (Å²) >= 11 is 3.40. The molecule has 0 radical (unpaired) electrons. The van der Waals surface area contributed by atoms with Gasteiger partial charge in [0.2, 0.25) is 5.88 Å². The predicted molar refractivity (Wildman–Crippen MR) is 130 cm³/mol. The van der Waals surface area contributed by atoms with Crippen LogP contribution in [-0.4, -0.2) is 58.1 Å². The third-order valence-corrected chi connectivity index (χ3v) is 6.44. The Morgan fingerprint density at radius 2 is 1.88 bits per heavy atom. The molecular formula is C23H22BrF2N7O. The number of aryl methyl sites for hydroxylation is 1. The van der Waals surface area contributed by atoms with Gasteiger partial charge in [-0.1, -0.05) is 0 Å². The lowest BCUT2D eigenvalue weighted by molar-refractivity contribution is 0.313. The van der Waals surface area contributed by atoms with Crippen molar-refractivity contribution in [2.24, 2.45) is 0 Å². The summed E-state index contributed by atoms with van der Waals surface area (Å²) in [7, 11) is 2.12. The maximum Gasteiger partial charge on any atom is 0.239 e. The first-order valence-electron chi connectivity index (χ1n) is 10.7. The molecular weight excluding hydrogens is 508 g/mol. The molecule has 34 heavy (non-hydrogen) atoms. The number of aromatic nitrogens is 4. The number of rotatable bonds is 5. The number of likely N-dealkylation sites (N-methyl/N-ethyl adjacent to an activating group) is 1. The zero-order valence-corrected chi connectivity index (χ0v) is 20.2. The molecule has 0 atom stereocenters. The first-order chi connectivity index (χ1) is 16.4. The second kappa shape index (κ2) is 9.15. The number of anilines is 3. The SMILES string of the molecule is Cc1cc2c(F)c(Oc3ncnc(Nc4ccc(N5CCN(C)CC5)cn4)c3Br)cc(F)c2[nH]1. The van der Waals surface area contributed by atoms with Crippen LogP contribution in [0, 0.1) is 18.6 Å². The summed E-state index contributed by atoms with van der Waals surface area (Å²) in [4.78, 5) is 20.2. The molecule has 4 heterocycles. The number of ether oxygens (including phenoxy) is 1. The molecule has 5 rings (SSSR count). The van der Waals surface area contributed by atoms with Crippen LogP contribution in [0.1, 0.15) is 5.69 Å². The van der Waals surface area contributed by atoms with E-state index in [1.54, 1.807) is 6.92 Å². The molecule has 1 saturated heterocycles. The second-order valence-corrected chi connectivity index (χ2v) is 8.96. The molecule has 1 aliphatic heterocycles. The van der Waals surface area contributed by atoms with E-state index >= 15 is 0 Å². The highest BCUT2D eigenvalue weighted by Crippen LogP contribution is 2.37. The van der Waals surface area contributed by atoms with Crippen molar-refractivity contribution >= 4 is 44.2 Å². The minimum Gasteiger partial charge on any atom is -0.434 e. The van der Waals surface area contributed by atoms with E-state index in [-0.39, 0.29) is 22.5 Å². The molecule has 11 heteroatoms. The van der Waals surface area contributed by atoms with Gasteiger partial charge in [-0.2, -0.15) is 0 Å². The van der Waals surface area contributed by atoms with Crippen LogP contribution in [0.3, 0.4) is 0 Å². The van der Waals surface area contributed by atoms with Gasteiger partial charge >= 0.3 is 0 Å². The van der Waals surface area contributed by atoms with Gasteiger partial charge in [0, 0.05) is 43.3 Å². The lowest BCUT2D eigenvalue weighted by Crippen LogP contribution is -2.44. The van der Waals surface area contributed by atoms with Crippen molar-refractivity contribution in [2.75, 3.05) is 43.4 Å². The average Bonchev–Trinajstić information content (AvgIpc) is 3.23. The number of nitrogens with one attached hydrogen (secondary N) is 2. The smallest absolute Gasteiger partial charge is 0.239 e. The van der Waals surface area contributed by atoms with Crippen molar-refractivity contribution in [3.63, 3.8) is 0 Å². The van der Waals surface area contributed by atoms with Gasteiger partial charge in [-0.3, -0.25) is 0 Å². The number of hydrogen-bond donors (Lipinski definition) is 2. The second-order valence-electron chi connectivity index (χ2n) is 8.17. The van der Waals surface area contributed by atoms with E-state index in [4.69, 9.17) is 4.74 Å². The van der Waals surface area contributed by atoms with Gasteiger partial charge in [0.1, 0.15) is 16.6 Å². The Morgan fingerprint density at radius 3 is 2.62 bits per heavy atom. The minimum absolute atomic E-state index is 0.0384. The van der Waals surface area contributed by atoms with E-state index in [0.717, 1.165) is 37.9 Å². The number of fused-ring (bicyclic) bond motifs is 1. The minimum atomic E-state index is -0.679. The number of aromatic amines is 1. The van der Waals surface area contributed by atoms with Gasteiger partial charge in [-0.25, -0.2) is 23.7 Å². The molecule has 2 N–H and O–H groups in total. The summed E-state index contributed by atoms with van der Waals surface area (Å²) < 4.78 is 35.4. The van der Waals surface area contributed by atoms with E-state index in [2.05, 4.69) is 58.0 Å². The molecule has 8 nitrogen and oxygen atoms in total. The quantitative estimate of drug-likeness (QED) is 0.376. The summed E-state index contributed by atoms with van der Waals surface area (Å²) in [6.45, 7) is 5.66. The summed E-state index contributed by atoms with van der Waals surface area (Å²) in [6, 6.07) is 6.38.